The number of benzene rings is 2. The third kappa shape index (κ3) is 8.06. The molecule has 3 fully saturated rings. The number of fused-ring (bicyclic) bond motifs is 3. The lowest BCUT2D eigenvalue weighted by Crippen LogP contribution is -2.52. The zero-order valence-electron chi connectivity index (χ0n) is 33.3. The summed E-state index contributed by atoms with van der Waals surface area (Å²) in [6.07, 6.45) is 0.787. The maximum absolute atomic E-state index is 14.0. The Balaban J connectivity index is 0.871. The number of hydrogen-bond donors (Lipinski definition) is 3. The van der Waals surface area contributed by atoms with Crippen LogP contribution in [0.2, 0.25) is 0 Å². The molecule has 0 aliphatic carbocycles. The van der Waals surface area contributed by atoms with Crippen molar-refractivity contribution in [2.45, 2.75) is 63.6 Å². The number of hydrogen-bond acceptors (Lipinski definition) is 10. The largest absolute Gasteiger partial charge is 0.496 e. The van der Waals surface area contributed by atoms with Crippen molar-refractivity contribution in [3.63, 3.8) is 0 Å². The van der Waals surface area contributed by atoms with E-state index < -0.39 is 24.3 Å². The van der Waals surface area contributed by atoms with Gasteiger partial charge in [0.25, 0.3) is 12.3 Å². The van der Waals surface area contributed by atoms with Crippen LogP contribution in [-0.4, -0.2) is 123 Å². The summed E-state index contributed by atoms with van der Waals surface area (Å²) in [6, 6.07) is 16.7. The number of methoxy groups -OCH3 is 2. The fourth-order valence-electron chi connectivity index (χ4n) is 9.33. The third-order valence-corrected chi connectivity index (χ3v) is 12.4. The molecule has 3 saturated heterocycles. The van der Waals surface area contributed by atoms with Crippen molar-refractivity contribution < 1.29 is 32.6 Å². The van der Waals surface area contributed by atoms with Crippen LogP contribution in [0.1, 0.15) is 66.0 Å². The van der Waals surface area contributed by atoms with E-state index in [-0.39, 0.29) is 43.1 Å². The van der Waals surface area contributed by atoms with Crippen LogP contribution >= 0.6 is 0 Å². The van der Waals surface area contributed by atoms with Gasteiger partial charge in [0.1, 0.15) is 17.5 Å². The molecule has 308 valence electrons. The van der Waals surface area contributed by atoms with Crippen LogP contribution in [0.4, 0.5) is 20.2 Å². The summed E-state index contributed by atoms with van der Waals surface area (Å²) in [5.41, 5.74) is 6.10. The van der Waals surface area contributed by atoms with Crippen LogP contribution < -0.4 is 29.9 Å². The molecule has 0 bridgehead atoms. The number of halogens is 2. The second-order valence-electron chi connectivity index (χ2n) is 16.0. The van der Waals surface area contributed by atoms with E-state index in [9.17, 15) is 23.2 Å². The number of nitrogens with zero attached hydrogens (tertiary/aromatic N) is 5. The van der Waals surface area contributed by atoms with Gasteiger partial charge in [-0.05, 0) is 68.4 Å². The Morgan fingerprint density at radius 3 is 2.45 bits per heavy atom. The summed E-state index contributed by atoms with van der Waals surface area (Å²) in [5.74, 6) is 0.269. The van der Waals surface area contributed by atoms with E-state index in [0.717, 1.165) is 92.2 Å². The predicted molar refractivity (Wildman–Crippen MR) is 217 cm³/mol. The lowest BCUT2D eigenvalue weighted by Gasteiger charge is -2.41. The first-order chi connectivity index (χ1) is 28.1. The number of imide groups is 1. The van der Waals surface area contributed by atoms with E-state index in [1.165, 1.54) is 12.7 Å². The van der Waals surface area contributed by atoms with Crippen LogP contribution in [0.15, 0.2) is 54.6 Å². The molecule has 4 aliphatic heterocycles. The molecule has 3 atom stereocenters. The number of anilines is 2. The summed E-state index contributed by atoms with van der Waals surface area (Å²) < 4.78 is 39.7. The highest BCUT2D eigenvalue weighted by Gasteiger charge is 2.39. The predicted octanol–water partition coefficient (Wildman–Crippen LogP) is 4.75. The van der Waals surface area contributed by atoms with Gasteiger partial charge in [-0.25, -0.2) is 13.8 Å². The summed E-state index contributed by atoms with van der Waals surface area (Å²) in [6.45, 7) is 7.94. The topological polar surface area (TPSA) is 135 Å². The van der Waals surface area contributed by atoms with Gasteiger partial charge in [0, 0.05) is 92.2 Å². The number of pyridine rings is 1. The zero-order valence-corrected chi connectivity index (χ0v) is 33.3. The van der Waals surface area contributed by atoms with E-state index in [4.69, 9.17) is 9.47 Å². The highest BCUT2D eigenvalue weighted by molar-refractivity contribution is 6.03. The first kappa shape index (κ1) is 39.5. The van der Waals surface area contributed by atoms with E-state index in [1.807, 2.05) is 36.1 Å². The Hall–Kier alpha value is -5.28. The number of alkyl halides is 2. The van der Waals surface area contributed by atoms with Crippen LogP contribution in [0, 0.1) is 5.92 Å². The summed E-state index contributed by atoms with van der Waals surface area (Å²) in [5, 5.41) is 6.07. The average Bonchev–Trinajstić information content (AvgIpc) is 3.60. The minimum absolute atomic E-state index is 0.0712. The maximum atomic E-state index is 14.0. The molecule has 2 aromatic carbocycles. The maximum Gasteiger partial charge on any atom is 0.270 e. The highest BCUT2D eigenvalue weighted by atomic mass is 19.3. The molecule has 4 aliphatic rings. The van der Waals surface area contributed by atoms with Crippen molar-refractivity contribution in [1.82, 2.24) is 30.4 Å². The van der Waals surface area contributed by atoms with Crippen molar-refractivity contribution >= 4 is 40.0 Å². The van der Waals surface area contributed by atoms with Gasteiger partial charge in [-0.2, -0.15) is 0 Å². The fourth-order valence-corrected chi connectivity index (χ4v) is 9.33. The number of piperidine rings is 2. The molecule has 13 nitrogen and oxygen atoms in total. The lowest BCUT2D eigenvalue weighted by atomic mass is 9.88. The number of aromatic amines is 1. The number of ether oxygens (including phenoxy) is 2. The van der Waals surface area contributed by atoms with Crippen molar-refractivity contribution in [3.8, 4) is 11.6 Å². The molecule has 0 radical (unpaired) electrons. The van der Waals surface area contributed by atoms with Crippen LogP contribution in [0.25, 0.3) is 10.9 Å². The van der Waals surface area contributed by atoms with Crippen LogP contribution in [0.5, 0.6) is 11.6 Å². The second-order valence-corrected chi connectivity index (χ2v) is 16.0. The molecule has 8 rings (SSSR count). The molecule has 58 heavy (non-hydrogen) atoms. The van der Waals surface area contributed by atoms with Gasteiger partial charge in [0.15, 0.2) is 0 Å². The normalized spacial score (nSPS) is 22.3. The number of aromatic nitrogens is 2. The second kappa shape index (κ2) is 16.9. The monoisotopic (exact) mass is 798 g/mol. The van der Waals surface area contributed by atoms with Gasteiger partial charge in [0.2, 0.25) is 17.7 Å². The number of amides is 3. The van der Waals surface area contributed by atoms with Gasteiger partial charge in [-0.3, -0.25) is 29.5 Å². The molecule has 0 saturated carbocycles. The Morgan fingerprint density at radius 2 is 1.72 bits per heavy atom. The number of piperazine rings is 1. The van der Waals surface area contributed by atoms with Gasteiger partial charge in [0.05, 0.1) is 32.5 Å². The molecular formula is C43H52F2N8O5. The molecule has 4 aromatic rings. The fraction of sp³-hybridized carbons (Fsp3) is 0.488. The van der Waals surface area contributed by atoms with Crippen LogP contribution in [0.3, 0.4) is 0 Å². The molecule has 0 spiro atoms. The van der Waals surface area contributed by atoms with Crippen molar-refractivity contribution in [2.75, 3.05) is 76.4 Å². The Labute approximate surface area is 337 Å². The van der Waals surface area contributed by atoms with Crippen molar-refractivity contribution in [1.29, 1.82) is 0 Å². The Morgan fingerprint density at radius 1 is 0.948 bits per heavy atom. The molecule has 1 unspecified atom stereocenters. The number of carbonyl (C=O) groups excluding carboxylic acids is 3. The lowest BCUT2D eigenvalue weighted by molar-refractivity contribution is -0.134. The van der Waals surface area contributed by atoms with Gasteiger partial charge < -0.3 is 29.6 Å². The van der Waals surface area contributed by atoms with Gasteiger partial charge in [-0.1, -0.05) is 24.3 Å². The van der Waals surface area contributed by atoms with E-state index >= 15 is 0 Å². The standard InChI is InChI=1S/C43H52F2N8O5/c1-26-22-31-29-6-4-5-7-32(29)46-39(31)40(53(26)25-37(44)45)30-9-8-28(23-36(30)57-2)51-16-14-27(15-17-51)24-50-18-20-52(21-19-50)35-12-10-34(48-43(35)58-3)41(55)47-33-11-13-38(54)49-42(33)56/h4-10,12,23,26-27,33,37,40,46H,11,13-22,24-25H2,1-3H3,(H,47,55)(H,49,54,56)/t26-,33?,40-/m1/s1. The van der Waals surface area contributed by atoms with E-state index in [2.05, 4.69) is 59.6 Å². The highest BCUT2D eigenvalue weighted by Crippen LogP contribution is 2.45. The van der Waals surface area contributed by atoms with Crippen molar-refractivity contribution in [2.24, 2.45) is 5.92 Å². The molecule has 3 amide bonds. The van der Waals surface area contributed by atoms with Gasteiger partial charge in [-0.15, -0.1) is 0 Å². The summed E-state index contributed by atoms with van der Waals surface area (Å²) in [4.78, 5) is 53.6. The van der Waals surface area contributed by atoms with Crippen molar-refractivity contribution in [3.05, 3.63) is 77.1 Å². The first-order valence-electron chi connectivity index (χ1n) is 20.3. The SMILES string of the molecule is COc1cc(N2CCC(CN3CCN(c4ccc(C(=O)NC5CCC(=O)NC5=O)nc4OC)CC3)CC2)ccc1[C@@H]1c2[nH]c3ccccc3c2C[C@@H](C)N1CC(F)F. The van der Waals surface area contributed by atoms with E-state index in [1.54, 1.807) is 13.2 Å². The Bertz CT molecular complexity index is 2150. The molecule has 6 heterocycles. The number of carbonyl (C=O) groups is 3. The van der Waals surface area contributed by atoms with Crippen LogP contribution in [-0.2, 0) is 16.0 Å². The number of H-pyrrole nitrogens is 1. The smallest absolute Gasteiger partial charge is 0.270 e. The summed E-state index contributed by atoms with van der Waals surface area (Å²) in [7, 11) is 3.19. The average molecular weight is 799 g/mol. The quantitative estimate of drug-likeness (QED) is 0.183. The summed E-state index contributed by atoms with van der Waals surface area (Å²) >= 11 is 0. The zero-order chi connectivity index (χ0) is 40.5. The third-order valence-electron chi connectivity index (χ3n) is 12.4. The minimum atomic E-state index is -2.46. The molecule has 3 N–H and O–H groups in total. The first-order valence-corrected chi connectivity index (χ1v) is 20.3. The van der Waals surface area contributed by atoms with Gasteiger partial charge >= 0.3 is 0 Å². The van der Waals surface area contributed by atoms with E-state index in [0.29, 0.717) is 24.0 Å². The Kier molecular flexibility index (Phi) is 11.5. The minimum Gasteiger partial charge on any atom is -0.496 e. The molecular weight excluding hydrogens is 747 g/mol. The number of rotatable bonds is 11. The molecule has 2 aromatic heterocycles. The number of nitrogens with one attached hydrogen (secondary N) is 3. The number of para-hydroxylation sites is 1. The molecule has 15 heteroatoms.